The molecule has 1 aliphatic rings. The SMILES string of the molecule is CCCC1NC(=O)C(C)N(C(C)c2ccc(C)o2)C1=O. The Labute approximate surface area is 119 Å². The van der Waals surface area contributed by atoms with Gasteiger partial charge in [-0.2, -0.15) is 0 Å². The Hall–Kier alpha value is -1.78. The van der Waals surface area contributed by atoms with Crippen LogP contribution in [-0.4, -0.2) is 28.8 Å². The van der Waals surface area contributed by atoms with Gasteiger partial charge in [-0.1, -0.05) is 13.3 Å². The van der Waals surface area contributed by atoms with Gasteiger partial charge in [0.2, 0.25) is 11.8 Å². The largest absolute Gasteiger partial charge is 0.464 e. The van der Waals surface area contributed by atoms with Crippen molar-refractivity contribution in [1.82, 2.24) is 10.2 Å². The summed E-state index contributed by atoms with van der Waals surface area (Å²) in [7, 11) is 0. The van der Waals surface area contributed by atoms with Crippen LogP contribution < -0.4 is 5.32 Å². The number of rotatable bonds is 4. The number of piperazine rings is 1. The second-order valence-electron chi connectivity index (χ2n) is 5.40. The second kappa shape index (κ2) is 5.69. The molecule has 2 rings (SSSR count). The van der Waals surface area contributed by atoms with Gasteiger partial charge in [0.15, 0.2) is 0 Å². The molecule has 5 heteroatoms. The number of hydrogen-bond donors (Lipinski definition) is 1. The Morgan fingerprint density at radius 2 is 2.10 bits per heavy atom. The minimum Gasteiger partial charge on any atom is -0.464 e. The average molecular weight is 278 g/mol. The number of carbonyl (C=O) groups is 2. The summed E-state index contributed by atoms with van der Waals surface area (Å²) in [6.45, 7) is 7.52. The zero-order valence-corrected chi connectivity index (χ0v) is 12.5. The number of aryl methyl sites for hydroxylation is 1. The van der Waals surface area contributed by atoms with Gasteiger partial charge in [0, 0.05) is 0 Å². The summed E-state index contributed by atoms with van der Waals surface area (Å²) < 4.78 is 5.60. The Morgan fingerprint density at radius 1 is 1.40 bits per heavy atom. The Bertz CT molecular complexity index is 509. The summed E-state index contributed by atoms with van der Waals surface area (Å²) >= 11 is 0. The molecule has 2 amide bonds. The van der Waals surface area contributed by atoms with Crippen molar-refractivity contribution >= 4 is 11.8 Å². The van der Waals surface area contributed by atoms with E-state index in [1.54, 1.807) is 11.8 Å². The molecule has 5 nitrogen and oxygen atoms in total. The normalized spacial score (nSPS) is 24.7. The Morgan fingerprint density at radius 3 is 2.65 bits per heavy atom. The third-order valence-corrected chi connectivity index (χ3v) is 3.83. The van der Waals surface area contributed by atoms with Gasteiger partial charge in [0.25, 0.3) is 0 Å². The molecule has 1 saturated heterocycles. The number of carbonyl (C=O) groups excluding carboxylic acids is 2. The lowest BCUT2D eigenvalue weighted by atomic mass is 10.0. The van der Waals surface area contributed by atoms with E-state index in [1.165, 1.54) is 0 Å². The van der Waals surface area contributed by atoms with Crippen molar-refractivity contribution in [1.29, 1.82) is 0 Å². The van der Waals surface area contributed by atoms with Crippen molar-refractivity contribution in [3.8, 4) is 0 Å². The molecule has 1 aromatic heterocycles. The van der Waals surface area contributed by atoms with Crippen LogP contribution in [-0.2, 0) is 9.59 Å². The third kappa shape index (κ3) is 2.57. The maximum Gasteiger partial charge on any atom is 0.246 e. The molecule has 0 aliphatic carbocycles. The predicted octanol–water partition coefficient (Wildman–Crippen LogP) is 2.16. The topological polar surface area (TPSA) is 62.6 Å². The minimum absolute atomic E-state index is 0.0273. The molecule has 1 N–H and O–H groups in total. The van der Waals surface area contributed by atoms with E-state index in [-0.39, 0.29) is 17.9 Å². The molecular weight excluding hydrogens is 256 g/mol. The smallest absolute Gasteiger partial charge is 0.246 e. The van der Waals surface area contributed by atoms with Gasteiger partial charge >= 0.3 is 0 Å². The van der Waals surface area contributed by atoms with Crippen molar-refractivity contribution in [2.24, 2.45) is 0 Å². The zero-order valence-electron chi connectivity index (χ0n) is 12.5. The average Bonchev–Trinajstić information content (AvgIpc) is 2.83. The van der Waals surface area contributed by atoms with E-state index in [1.807, 2.05) is 32.9 Å². The highest BCUT2D eigenvalue weighted by Gasteiger charge is 2.40. The third-order valence-electron chi connectivity index (χ3n) is 3.83. The molecule has 1 fully saturated rings. The van der Waals surface area contributed by atoms with Crippen LogP contribution >= 0.6 is 0 Å². The van der Waals surface area contributed by atoms with Crippen LogP contribution in [0.25, 0.3) is 0 Å². The first-order valence-corrected chi connectivity index (χ1v) is 7.14. The highest BCUT2D eigenvalue weighted by molar-refractivity contribution is 5.96. The molecule has 3 unspecified atom stereocenters. The summed E-state index contributed by atoms with van der Waals surface area (Å²) in [5.74, 6) is 1.39. The number of amides is 2. The van der Waals surface area contributed by atoms with E-state index in [9.17, 15) is 9.59 Å². The van der Waals surface area contributed by atoms with Gasteiger partial charge in [0.1, 0.15) is 23.6 Å². The second-order valence-corrected chi connectivity index (χ2v) is 5.40. The fraction of sp³-hybridized carbons (Fsp3) is 0.600. The Balaban J connectivity index is 2.26. The molecule has 0 aromatic carbocycles. The molecule has 0 radical (unpaired) electrons. The summed E-state index contributed by atoms with van der Waals surface area (Å²) in [5, 5.41) is 2.80. The molecule has 20 heavy (non-hydrogen) atoms. The summed E-state index contributed by atoms with van der Waals surface area (Å²) in [6.07, 6.45) is 1.52. The highest BCUT2D eigenvalue weighted by Crippen LogP contribution is 2.27. The van der Waals surface area contributed by atoms with Crippen molar-refractivity contribution in [3.63, 3.8) is 0 Å². The van der Waals surface area contributed by atoms with Crippen LogP contribution in [0.2, 0.25) is 0 Å². The summed E-state index contributed by atoms with van der Waals surface area (Å²) in [5.41, 5.74) is 0. The monoisotopic (exact) mass is 278 g/mol. The molecule has 1 aromatic rings. The van der Waals surface area contributed by atoms with Crippen molar-refractivity contribution < 1.29 is 14.0 Å². The van der Waals surface area contributed by atoms with E-state index in [0.717, 1.165) is 12.2 Å². The zero-order chi connectivity index (χ0) is 14.9. The van der Waals surface area contributed by atoms with Crippen LogP contribution in [0.3, 0.4) is 0 Å². The molecular formula is C15H22N2O3. The predicted molar refractivity (Wildman–Crippen MR) is 75.0 cm³/mol. The first-order chi connectivity index (χ1) is 9.45. The van der Waals surface area contributed by atoms with Crippen LogP contribution in [0.4, 0.5) is 0 Å². The number of hydrogen-bond acceptors (Lipinski definition) is 3. The molecule has 0 saturated carbocycles. The van der Waals surface area contributed by atoms with E-state index in [0.29, 0.717) is 12.2 Å². The highest BCUT2D eigenvalue weighted by atomic mass is 16.3. The fourth-order valence-electron chi connectivity index (χ4n) is 2.68. The minimum atomic E-state index is -0.476. The van der Waals surface area contributed by atoms with Gasteiger partial charge in [-0.3, -0.25) is 9.59 Å². The lowest BCUT2D eigenvalue weighted by molar-refractivity contribution is -0.151. The fourth-order valence-corrected chi connectivity index (χ4v) is 2.68. The van der Waals surface area contributed by atoms with Gasteiger partial charge in [0.05, 0.1) is 6.04 Å². The lowest BCUT2D eigenvalue weighted by Crippen LogP contribution is -2.62. The first-order valence-electron chi connectivity index (χ1n) is 7.14. The first kappa shape index (κ1) is 14.6. The standard InChI is InChI=1S/C15H22N2O3/c1-5-6-12-15(19)17(11(4)14(18)16-12)10(3)13-8-7-9(2)20-13/h7-8,10-12H,5-6H2,1-4H3,(H,16,18). The molecule has 0 bridgehead atoms. The Kier molecular flexibility index (Phi) is 4.16. The van der Waals surface area contributed by atoms with Crippen LogP contribution in [0.15, 0.2) is 16.5 Å². The van der Waals surface area contributed by atoms with Crippen LogP contribution in [0.1, 0.15) is 51.2 Å². The maximum atomic E-state index is 12.6. The van der Waals surface area contributed by atoms with Crippen molar-refractivity contribution in [2.45, 2.75) is 58.7 Å². The van der Waals surface area contributed by atoms with E-state index < -0.39 is 12.1 Å². The molecule has 3 atom stereocenters. The summed E-state index contributed by atoms with van der Waals surface area (Å²) in [6, 6.07) is 2.60. The van der Waals surface area contributed by atoms with Gasteiger partial charge in [-0.25, -0.2) is 0 Å². The van der Waals surface area contributed by atoms with Gasteiger partial charge in [-0.15, -0.1) is 0 Å². The molecule has 2 heterocycles. The van der Waals surface area contributed by atoms with E-state index >= 15 is 0 Å². The van der Waals surface area contributed by atoms with Gasteiger partial charge < -0.3 is 14.6 Å². The van der Waals surface area contributed by atoms with Crippen LogP contribution in [0, 0.1) is 6.92 Å². The van der Waals surface area contributed by atoms with Crippen molar-refractivity contribution in [2.75, 3.05) is 0 Å². The number of furan rings is 1. The van der Waals surface area contributed by atoms with E-state index in [2.05, 4.69) is 5.32 Å². The quantitative estimate of drug-likeness (QED) is 0.918. The van der Waals surface area contributed by atoms with Crippen molar-refractivity contribution in [3.05, 3.63) is 23.7 Å². The number of nitrogens with one attached hydrogen (secondary N) is 1. The summed E-state index contributed by atoms with van der Waals surface area (Å²) in [4.78, 5) is 26.2. The lowest BCUT2D eigenvalue weighted by Gasteiger charge is -2.40. The van der Waals surface area contributed by atoms with Gasteiger partial charge in [-0.05, 0) is 39.3 Å². The maximum absolute atomic E-state index is 12.6. The number of nitrogens with zero attached hydrogens (tertiary/aromatic N) is 1. The van der Waals surface area contributed by atoms with Crippen LogP contribution in [0.5, 0.6) is 0 Å². The molecule has 1 aliphatic heterocycles. The van der Waals surface area contributed by atoms with E-state index in [4.69, 9.17) is 4.42 Å². The molecule has 110 valence electrons. The molecule has 0 spiro atoms.